The normalized spacial score (nSPS) is 10.3. The van der Waals surface area contributed by atoms with Crippen molar-refractivity contribution in [1.29, 1.82) is 0 Å². The van der Waals surface area contributed by atoms with Crippen LogP contribution in [0.4, 0.5) is 0 Å². The zero-order valence-corrected chi connectivity index (χ0v) is 5.42. The summed E-state index contributed by atoms with van der Waals surface area (Å²) in [4.78, 5) is 0. The number of hydrogen-bond acceptors (Lipinski definition) is 2. The first-order valence-electron chi connectivity index (χ1n) is 2.47. The zero-order valence-electron chi connectivity index (χ0n) is 4.66. The van der Waals surface area contributed by atoms with Gasteiger partial charge in [-0.2, -0.15) is 10.2 Å². The second-order valence-corrected chi connectivity index (χ2v) is 1.72. The molecule has 0 amide bonds. The van der Waals surface area contributed by atoms with Gasteiger partial charge in [-0.1, -0.05) is 11.6 Å². The lowest BCUT2D eigenvalue weighted by atomic mass is 10.3. The van der Waals surface area contributed by atoms with E-state index in [-0.39, 0.29) is 0 Å². The molecule has 0 N–H and O–H groups in total. The van der Waals surface area contributed by atoms with Gasteiger partial charge in [0.1, 0.15) is 0 Å². The molecule has 1 rings (SSSR count). The van der Waals surface area contributed by atoms with Crippen LogP contribution in [-0.4, -0.2) is 10.2 Å². The summed E-state index contributed by atoms with van der Waals surface area (Å²) in [5.41, 5.74) is 2.40. The van der Waals surface area contributed by atoms with E-state index in [0.29, 0.717) is 0 Å². The van der Waals surface area contributed by atoms with Crippen LogP contribution in [0.2, 0.25) is 0 Å². The zero-order chi connectivity index (χ0) is 6.53. The quantitative estimate of drug-likeness (QED) is 0.593. The average Bonchev–Trinajstić information content (AvgIpc) is 1.91. The maximum atomic E-state index is 5.31. The van der Waals surface area contributed by atoms with Crippen LogP contribution < -0.4 is 0 Å². The number of halogens is 1. The third-order valence-corrected chi connectivity index (χ3v) is 0.989. The third kappa shape index (κ3) is 1.82. The highest BCUT2D eigenvalue weighted by atomic mass is 35.5. The van der Waals surface area contributed by atoms with E-state index in [1.165, 1.54) is 5.54 Å². The molecule has 1 aromatic heterocycles. The molecule has 46 valence electrons. The van der Waals surface area contributed by atoms with Crippen molar-refractivity contribution in [3.63, 3.8) is 0 Å². The van der Waals surface area contributed by atoms with Crippen LogP contribution >= 0.6 is 11.6 Å². The fourth-order valence-electron chi connectivity index (χ4n) is 0.472. The first kappa shape index (κ1) is 6.23. The molecule has 0 unspecified atom stereocenters. The van der Waals surface area contributed by atoms with Gasteiger partial charge in [0.25, 0.3) is 0 Å². The minimum absolute atomic E-state index is 0.958. The molecule has 0 radical (unpaired) electrons. The summed E-state index contributed by atoms with van der Waals surface area (Å²) >= 11 is 5.31. The van der Waals surface area contributed by atoms with Crippen molar-refractivity contribution in [3.8, 4) is 0 Å². The van der Waals surface area contributed by atoms with Crippen molar-refractivity contribution in [2.75, 3.05) is 0 Å². The molecule has 0 aliphatic carbocycles. The second kappa shape index (κ2) is 3.20. The first-order chi connectivity index (χ1) is 4.43. The van der Waals surface area contributed by atoms with Crippen molar-refractivity contribution in [1.82, 2.24) is 10.2 Å². The molecule has 0 atom stereocenters. The number of nitrogens with zero attached hydrogens (tertiary/aromatic N) is 2. The van der Waals surface area contributed by atoms with Gasteiger partial charge in [0.15, 0.2) is 0 Å². The van der Waals surface area contributed by atoms with Crippen molar-refractivity contribution >= 4 is 17.7 Å². The standard InChI is InChI=1S/C6H5ClN2/c7-3-1-6-2-4-8-9-5-6/h1-5H/b3-1+. The Kier molecular flexibility index (Phi) is 2.22. The molecular weight excluding hydrogens is 136 g/mol. The summed E-state index contributed by atoms with van der Waals surface area (Å²) in [7, 11) is 0. The molecule has 0 fully saturated rings. The summed E-state index contributed by atoms with van der Waals surface area (Å²) in [6.07, 6.45) is 5.00. The molecule has 1 aromatic rings. The summed E-state index contributed by atoms with van der Waals surface area (Å²) < 4.78 is 0. The molecule has 0 spiro atoms. The average molecular weight is 141 g/mol. The summed E-state index contributed by atoms with van der Waals surface area (Å²) in [5, 5.41) is 7.24. The Hall–Kier alpha value is -0.890. The highest BCUT2D eigenvalue weighted by molar-refractivity contribution is 6.27. The van der Waals surface area contributed by atoms with Gasteiger partial charge in [-0.05, 0) is 17.7 Å². The topological polar surface area (TPSA) is 25.8 Å². The van der Waals surface area contributed by atoms with Gasteiger partial charge in [-0.15, -0.1) is 0 Å². The summed E-state index contributed by atoms with van der Waals surface area (Å²) in [6, 6.07) is 1.83. The highest BCUT2D eigenvalue weighted by Gasteiger charge is 1.80. The number of rotatable bonds is 1. The molecule has 1 heterocycles. The first-order valence-corrected chi connectivity index (χ1v) is 2.90. The van der Waals surface area contributed by atoms with Crippen molar-refractivity contribution in [2.24, 2.45) is 0 Å². The fourth-order valence-corrected chi connectivity index (χ4v) is 0.618. The molecule has 0 bridgehead atoms. The SMILES string of the molecule is Cl/C=C/c1ccnnc1. The van der Waals surface area contributed by atoms with Gasteiger partial charge in [0, 0.05) is 5.54 Å². The monoisotopic (exact) mass is 140 g/mol. The van der Waals surface area contributed by atoms with E-state index in [1.54, 1.807) is 18.5 Å². The fraction of sp³-hybridized carbons (Fsp3) is 0. The van der Waals surface area contributed by atoms with E-state index in [0.717, 1.165) is 5.56 Å². The molecule has 9 heavy (non-hydrogen) atoms. The lowest BCUT2D eigenvalue weighted by Gasteiger charge is -1.84. The van der Waals surface area contributed by atoms with Crippen LogP contribution in [0, 0.1) is 0 Å². The van der Waals surface area contributed by atoms with Crippen LogP contribution in [0.3, 0.4) is 0 Å². The summed E-state index contributed by atoms with van der Waals surface area (Å²) in [5.74, 6) is 0. The van der Waals surface area contributed by atoms with E-state index in [1.807, 2.05) is 6.07 Å². The van der Waals surface area contributed by atoms with Gasteiger partial charge in [0.2, 0.25) is 0 Å². The minimum Gasteiger partial charge on any atom is -0.159 e. The Bertz CT molecular complexity index is 195. The highest BCUT2D eigenvalue weighted by Crippen LogP contribution is 1.97. The van der Waals surface area contributed by atoms with Gasteiger partial charge >= 0.3 is 0 Å². The Morgan fingerprint density at radius 1 is 1.44 bits per heavy atom. The van der Waals surface area contributed by atoms with Gasteiger partial charge in [-0.25, -0.2) is 0 Å². The number of hydrogen-bond donors (Lipinski definition) is 0. The van der Waals surface area contributed by atoms with Crippen LogP contribution in [0.15, 0.2) is 24.0 Å². The molecule has 0 aliphatic rings. The summed E-state index contributed by atoms with van der Waals surface area (Å²) in [6.45, 7) is 0. The van der Waals surface area contributed by atoms with Crippen molar-refractivity contribution in [3.05, 3.63) is 29.6 Å². The second-order valence-electron chi connectivity index (χ2n) is 1.47. The largest absolute Gasteiger partial charge is 0.159 e. The molecule has 0 saturated heterocycles. The Balaban J connectivity index is 2.85. The molecule has 0 aliphatic heterocycles. The van der Waals surface area contributed by atoms with E-state index in [4.69, 9.17) is 11.6 Å². The molecule has 3 heteroatoms. The molecule has 0 saturated carbocycles. The van der Waals surface area contributed by atoms with E-state index in [9.17, 15) is 0 Å². The predicted molar refractivity (Wildman–Crippen MR) is 36.9 cm³/mol. The van der Waals surface area contributed by atoms with Crippen molar-refractivity contribution in [2.45, 2.75) is 0 Å². The Morgan fingerprint density at radius 3 is 2.89 bits per heavy atom. The van der Waals surface area contributed by atoms with Gasteiger partial charge < -0.3 is 0 Å². The van der Waals surface area contributed by atoms with Crippen LogP contribution in [0.25, 0.3) is 6.08 Å². The Labute approximate surface area is 58.2 Å². The molecular formula is C6H5ClN2. The van der Waals surface area contributed by atoms with E-state index in [2.05, 4.69) is 10.2 Å². The maximum absolute atomic E-state index is 5.31. The van der Waals surface area contributed by atoms with Crippen LogP contribution in [0.1, 0.15) is 5.56 Å². The molecule has 0 aromatic carbocycles. The smallest absolute Gasteiger partial charge is 0.0568 e. The third-order valence-electron chi connectivity index (χ3n) is 0.863. The van der Waals surface area contributed by atoms with Crippen LogP contribution in [0.5, 0.6) is 0 Å². The lowest BCUT2D eigenvalue weighted by Crippen LogP contribution is -1.77. The van der Waals surface area contributed by atoms with Crippen LogP contribution in [-0.2, 0) is 0 Å². The lowest BCUT2D eigenvalue weighted by molar-refractivity contribution is 1.03. The molecule has 2 nitrogen and oxygen atoms in total. The van der Waals surface area contributed by atoms with E-state index < -0.39 is 0 Å². The van der Waals surface area contributed by atoms with Gasteiger partial charge in [0.05, 0.1) is 12.4 Å². The minimum atomic E-state index is 0.958. The van der Waals surface area contributed by atoms with Crippen molar-refractivity contribution < 1.29 is 0 Å². The van der Waals surface area contributed by atoms with E-state index >= 15 is 0 Å². The Morgan fingerprint density at radius 2 is 2.33 bits per heavy atom. The maximum Gasteiger partial charge on any atom is 0.0568 e. The predicted octanol–water partition coefficient (Wildman–Crippen LogP) is 1.69. The van der Waals surface area contributed by atoms with Gasteiger partial charge in [-0.3, -0.25) is 0 Å². The number of aromatic nitrogens is 2.